The highest BCUT2D eigenvalue weighted by Gasteiger charge is 2.28. The van der Waals surface area contributed by atoms with Crippen molar-refractivity contribution in [3.63, 3.8) is 0 Å². The maximum atomic E-state index is 12.8. The minimum absolute atomic E-state index is 0.255. The van der Waals surface area contributed by atoms with E-state index in [0.717, 1.165) is 64.3 Å². The van der Waals surface area contributed by atoms with E-state index < -0.39 is 0 Å². The van der Waals surface area contributed by atoms with Crippen LogP contribution in [0.5, 0.6) is 5.75 Å². The summed E-state index contributed by atoms with van der Waals surface area (Å²) >= 11 is 0. The molecule has 3 rings (SSSR count). The van der Waals surface area contributed by atoms with Gasteiger partial charge in [0.1, 0.15) is 5.75 Å². The van der Waals surface area contributed by atoms with Gasteiger partial charge in [-0.25, -0.2) is 0 Å². The highest BCUT2D eigenvalue weighted by atomic mass is 16.5. The summed E-state index contributed by atoms with van der Waals surface area (Å²) in [5, 5.41) is 0. The van der Waals surface area contributed by atoms with Gasteiger partial charge in [-0.3, -0.25) is 4.79 Å². The third kappa shape index (κ3) is 5.97. The number of piperidine rings is 1. The van der Waals surface area contributed by atoms with E-state index in [2.05, 4.69) is 41.8 Å². The number of carbonyl (C=O) groups is 1. The minimum Gasteiger partial charge on any atom is -0.493 e. The lowest BCUT2D eigenvalue weighted by atomic mass is 9.95. The van der Waals surface area contributed by atoms with Crippen LogP contribution in [-0.4, -0.2) is 55.0 Å². The van der Waals surface area contributed by atoms with Crippen molar-refractivity contribution < 1.29 is 9.53 Å². The van der Waals surface area contributed by atoms with Crippen molar-refractivity contribution in [2.45, 2.75) is 58.8 Å². The number of ether oxygens (including phenoxy) is 1. The van der Waals surface area contributed by atoms with Gasteiger partial charge in [-0.15, -0.1) is 0 Å². The number of hydrogen-bond acceptors (Lipinski definition) is 3. The molecule has 0 aromatic heterocycles. The van der Waals surface area contributed by atoms with Crippen LogP contribution in [0.1, 0.15) is 56.1 Å². The third-order valence-electron chi connectivity index (χ3n) is 6.07. The van der Waals surface area contributed by atoms with Crippen molar-refractivity contribution in [3.05, 3.63) is 29.3 Å². The van der Waals surface area contributed by atoms with Gasteiger partial charge in [-0.2, -0.15) is 0 Å². The monoisotopic (exact) mass is 372 g/mol. The normalized spacial score (nSPS) is 19.7. The third-order valence-corrected chi connectivity index (χ3v) is 6.07. The van der Waals surface area contributed by atoms with Crippen LogP contribution in [0.25, 0.3) is 0 Å². The molecule has 0 aliphatic carbocycles. The molecule has 2 heterocycles. The molecule has 2 aliphatic rings. The Hall–Kier alpha value is -1.55. The minimum atomic E-state index is 0.255. The molecule has 1 amide bonds. The number of amides is 1. The van der Waals surface area contributed by atoms with Crippen molar-refractivity contribution in [2.24, 2.45) is 5.92 Å². The molecular formula is C23H36N2O2. The van der Waals surface area contributed by atoms with E-state index in [0.29, 0.717) is 5.91 Å². The Morgan fingerprint density at radius 3 is 2.44 bits per heavy atom. The zero-order valence-electron chi connectivity index (χ0n) is 17.2. The van der Waals surface area contributed by atoms with Gasteiger partial charge in [-0.1, -0.05) is 25.0 Å². The summed E-state index contributed by atoms with van der Waals surface area (Å²) in [6.45, 7) is 10.1. The highest BCUT2D eigenvalue weighted by molar-refractivity contribution is 5.79. The van der Waals surface area contributed by atoms with Gasteiger partial charge < -0.3 is 14.5 Å². The van der Waals surface area contributed by atoms with E-state index in [9.17, 15) is 4.79 Å². The molecule has 1 aromatic rings. The van der Waals surface area contributed by atoms with E-state index in [1.165, 1.54) is 36.8 Å². The maximum Gasteiger partial charge on any atom is 0.225 e. The lowest BCUT2D eigenvalue weighted by Crippen LogP contribution is -2.43. The molecule has 27 heavy (non-hydrogen) atoms. The predicted octanol–water partition coefficient (Wildman–Crippen LogP) is 4.19. The zero-order valence-corrected chi connectivity index (χ0v) is 17.2. The molecule has 2 fully saturated rings. The highest BCUT2D eigenvalue weighted by Crippen LogP contribution is 2.22. The van der Waals surface area contributed by atoms with Crippen LogP contribution < -0.4 is 4.74 Å². The van der Waals surface area contributed by atoms with Crippen LogP contribution in [0.4, 0.5) is 0 Å². The van der Waals surface area contributed by atoms with E-state index >= 15 is 0 Å². The number of hydrogen-bond donors (Lipinski definition) is 0. The van der Waals surface area contributed by atoms with Crippen molar-refractivity contribution in [3.8, 4) is 5.75 Å². The largest absolute Gasteiger partial charge is 0.493 e. The van der Waals surface area contributed by atoms with Crippen molar-refractivity contribution in [1.82, 2.24) is 9.80 Å². The van der Waals surface area contributed by atoms with Crippen LogP contribution >= 0.6 is 0 Å². The topological polar surface area (TPSA) is 32.8 Å². The first-order valence-corrected chi connectivity index (χ1v) is 10.8. The van der Waals surface area contributed by atoms with Gasteiger partial charge in [0.2, 0.25) is 5.91 Å². The molecule has 2 aliphatic heterocycles. The Balaban J connectivity index is 1.34. The molecule has 0 bridgehead atoms. The molecule has 0 saturated carbocycles. The van der Waals surface area contributed by atoms with Crippen molar-refractivity contribution in [2.75, 3.05) is 39.3 Å². The Bertz CT molecular complexity index is 600. The molecule has 0 spiro atoms. The van der Waals surface area contributed by atoms with Gasteiger partial charge >= 0.3 is 0 Å². The fourth-order valence-electron chi connectivity index (χ4n) is 4.29. The number of aryl methyl sites for hydroxylation is 2. The Kier molecular flexibility index (Phi) is 7.57. The van der Waals surface area contributed by atoms with E-state index in [1.807, 2.05) is 0 Å². The second-order valence-electron chi connectivity index (χ2n) is 8.33. The SMILES string of the molecule is Cc1ccc(C)c(OCCCN2CCC(C(=O)N3CCCCCC3)CC2)c1. The molecular weight excluding hydrogens is 336 g/mol. The fourth-order valence-corrected chi connectivity index (χ4v) is 4.29. The first-order valence-electron chi connectivity index (χ1n) is 10.8. The lowest BCUT2D eigenvalue weighted by molar-refractivity contribution is -0.137. The standard InChI is InChI=1S/C23H36N2O2/c1-19-8-9-20(2)22(18-19)27-17-7-12-24-15-10-21(11-16-24)23(26)25-13-5-3-4-6-14-25/h8-9,18,21H,3-7,10-17H2,1-2H3. The van der Waals surface area contributed by atoms with Crippen LogP contribution in [0.2, 0.25) is 0 Å². The number of rotatable bonds is 6. The number of benzene rings is 1. The van der Waals surface area contributed by atoms with Crippen molar-refractivity contribution >= 4 is 5.91 Å². The van der Waals surface area contributed by atoms with Gasteiger partial charge in [0.25, 0.3) is 0 Å². The van der Waals surface area contributed by atoms with Crippen molar-refractivity contribution in [1.29, 1.82) is 0 Å². The van der Waals surface area contributed by atoms with Gasteiger partial charge in [0, 0.05) is 25.6 Å². The predicted molar refractivity (Wildman–Crippen MR) is 110 cm³/mol. The van der Waals surface area contributed by atoms with E-state index in [-0.39, 0.29) is 5.92 Å². The van der Waals surface area contributed by atoms with Gasteiger partial charge in [-0.05, 0) is 76.2 Å². The Morgan fingerprint density at radius 1 is 1.04 bits per heavy atom. The molecule has 0 atom stereocenters. The van der Waals surface area contributed by atoms with E-state index in [1.54, 1.807) is 0 Å². The maximum absolute atomic E-state index is 12.8. The summed E-state index contributed by atoms with van der Waals surface area (Å²) in [5.74, 6) is 1.69. The number of carbonyl (C=O) groups excluding carboxylic acids is 1. The number of likely N-dealkylation sites (tertiary alicyclic amines) is 2. The molecule has 4 heteroatoms. The summed E-state index contributed by atoms with van der Waals surface area (Å²) in [4.78, 5) is 17.4. The fraction of sp³-hybridized carbons (Fsp3) is 0.696. The summed E-state index contributed by atoms with van der Waals surface area (Å²) in [6, 6.07) is 6.37. The molecule has 150 valence electrons. The molecule has 1 aromatic carbocycles. The molecule has 0 radical (unpaired) electrons. The Morgan fingerprint density at radius 2 is 1.74 bits per heavy atom. The first-order chi connectivity index (χ1) is 13.1. The Labute approximate surface area is 164 Å². The van der Waals surface area contributed by atoms with Crippen LogP contribution in [0.15, 0.2) is 18.2 Å². The second kappa shape index (κ2) is 10.1. The summed E-state index contributed by atoms with van der Waals surface area (Å²) < 4.78 is 5.97. The molecule has 2 saturated heterocycles. The van der Waals surface area contributed by atoms with Gasteiger partial charge in [0.15, 0.2) is 0 Å². The van der Waals surface area contributed by atoms with Crippen LogP contribution in [0, 0.1) is 19.8 Å². The first kappa shape index (κ1) is 20.2. The smallest absolute Gasteiger partial charge is 0.225 e. The van der Waals surface area contributed by atoms with Gasteiger partial charge in [0.05, 0.1) is 6.61 Å². The molecule has 0 unspecified atom stereocenters. The van der Waals surface area contributed by atoms with Crippen LogP contribution in [-0.2, 0) is 4.79 Å². The summed E-state index contributed by atoms with van der Waals surface area (Å²) in [6.07, 6.45) is 8.02. The summed E-state index contributed by atoms with van der Waals surface area (Å²) in [7, 11) is 0. The zero-order chi connectivity index (χ0) is 19.1. The van der Waals surface area contributed by atoms with Crippen LogP contribution in [0.3, 0.4) is 0 Å². The lowest BCUT2D eigenvalue weighted by Gasteiger charge is -2.34. The molecule has 0 N–H and O–H groups in total. The average Bonchev–Trinajstić information content (AvgIpc) is 2.97. The number of nitrogens with zero attached hydrogens (tertiary/aromatic N) is 2. The quantitative estimate of drug-likeness (QED) is 0.702. The van der Waals surface area contributed by atoms with E-state index in [4.69, 9.17) is 4.74 Å². The second-order valence-corrected chi connectivity index (χ2v) is 8.33. The average molecular weight is 373 g/mol. The summed E-state index contributed by atoms with van der Waals surface area (Å²) in [5.41, 5.74) is 2.44. The molecule has 4 nitrogen and oxygen atoms in total.